The van der Waals surface area contributed by atoms with Crippen LogP contribution in [-0.2, 0) is 32.5 Å². The van der Waals surface area contributed by atoms with Crippen molar-refractivity contribution < 1.29 is 4.42 Å². The highest BCUT2D eigenvalue weighted by Crippen LogP contribution is 2.54. The van der Waals surface area contributed by atoms with E-state index in [-0.39, 0.29) is 39.2 Å². The Bertz CT molecular complexity index is 2940. The largest absolute Gasteiger partial charge is 0.468 e. The minimum atomic E-state index is -0.0774. The Hall–Kier alpha value is -4.70. The van der Waals surface area contributed by atoms with E-state index in [0.717, 1.165) is 11.2 Å². The number of furan rings is 1. The first-order chi connectivity index (χ1) is 30.9. The third-order valence-corrected chi connectivity index (χ3v) is 17.7. The first kappa shape index (κ1) is 43.8. The number of fused-ring (bicyclic) bond motifs is 8. The van der Waals surface area contributed by atoms with Gasteiger partial charge in [-0.25, -0.2) is 0 Å². The smallest absolute Gasteiger partial charge is 0.297 e. The van der Waals surface area contributed by atoms with Crippen LogP contribution in [0, 0.1) is 0 Å². The van der Waals surface area contributed by atoms with Gasteiger partial charge in [-0.05, 0) is 181 Å². The van der Waals surface area contributed by atoms with Crippen LogP contribution in [0.15, 0.2) is 89.3 Å². The standard InChI is InChI=1S/C62H75BN2O/c1-57(2,3)40-20-23-42(24-21-40)65-52-33-39(38-18-16-15-17-19-38)32-51-54(52)63(56-55(65)44-34-41(58(4,5)6)22-27-53(44)66-56)49-36-47-48(62(13,14)31-30-61(47,11)12)37-50(49)64(51)43-25-26-45-46(35-43)60(9,10)29-28-59(45,7)8/h20-27,32-38H,15-19,28-31H2,1-14H3. The van der Waals surface area contributed by atoms with Gasteiger partial charge in [-0.1, -0.05) is 147 Å². The quantitative estimate of drug-likeness (QED) is 0.165. The highest BCUT2D eigenvalue weighted by molar-refractivity contribution is 7.00. The molecule has 11 rings (SSSR count). The molecule has 1 saturated carbocycles. The SMILES string of the molecule is CC(C)(C)c1ccc(N2c3cc(C4CCCCC4)cc4c3B(c3cc5c(cc3N4c3ccc4c(c3)C(C)(C)CCC4(C)C)C(C)(C)CCC5(C)C)c3oc4ccc(C(C)(C)C)cc4c32)cc1. The van der Waals surface area contributed by atoms with Gasteiger partial charge in [0.05, 0.1) is 11.3 Å². The van der Waals surface area contributed by atoms with E-state index in [1.165, 1.54) is 147 Å². The Morgan fingerprint density at radius 3 is 1.65 bits per heavy atom. The Morgan fingerprint density at radius 2 is 1.05 bits per heavy atom. The molecule has 6 aromatic rings. The lowest BCUT2D eigenvalue weighted by Crippen LogP contribution is -2.61. The van der Waals surface area contributed by atoms with Gasteiger partial charge in [-0.2, -0.15) is 0 Å². The second kappa shape index (κ2) is 14.4. The van der Waals surface area contributed by atoms with Crippen molar-refractivity contribution in [3.8, 4) is 0 Å². The molecule has 3 nitrogen and oxygen atoms in total. The van der Waals surface area contributed by atoms with Crippen molar-refractivity contribution in [2.75, 3.05) is 9.80 Å². The summed E-state index contributed by atoms with van der Waals surface area (Å²) in [6, 6.07) is 34.8. The van der Waals surface area contributed by atoms with Crippen molar-refractivity contribution in [1.82, 2.24) is 0 Å². The summed E-state index contributed by atoms with van der Waals surface area (Å²) >= 11 is 0. The number of nitrogens with zero attached hydrogens (tertiary/aromatic N) is 2. The van der Waals surface area contributed by atoms with Gasteiger partial charge in [-0.15, -0.1) is 0 Å². The first-order valence-corrected chi connectivity index (χ1v) is 25.7. The fourth-order valence-corrected chi connectivity index (χ4v) is 13.1. The van der Waals surface area contributed by atoms with Crippen LogP contribution in [0.5, 0.6) is 0 Å². The van der Waals surface area contributed by atoms with Crippen molar-refractivity contribution in [2.45, 2.75) is 193 Å². The summed E-state index contributed by atoms with van der Waals surface area (Å²) in [6.07, 6.45) is 11.2. The summed E-state index contributed by atoms with van der Waals surface area (Å²) < 4.78 is 7.48. The van der Waals surface area contributed by atoms with Crippen LogP contribution < -0.4 is 26.4 Å². The molecule has 3 heterocycles. The van der Waals surface area contributed by atoms with Crippen molar-refractivity contribution in [3.05, 3.63) is 124 Å². The van der Waals surface area contributed by atoms with Crippen LogP contribution >= 0.6 is 0 Å². The van der Waals surface area contributed by atoms with Gasteiger partial charge in [0.1, 0.15) is 5.58 Å². The maximum atomic E-state index is 7.48. The van der Waals surface area contributed by atoms with Gasteiger partial charge in [0, 0.05) is 33.8 Å². The van der Waals surface area contributed by atoms with Gasteiger partial charge in [0.2, 0.25) is 0 Å². The maximum absolute atomic E-state index is 7.48. The number of anilines is 6. The number of hydrogen-bond donors (Lipinski definition) is 0. The summed E-state index contributed by atoms with van der Waals surface area (Å²) in [5.74, 6) is 0.522. The van der Waals surface area contributed by atoms with E-state index in [2.05, 4.69) is 192 Å². The molecule has 0 saturated heterocycles. The van der Waals surface area contributed by atoms with E-state index in [1.807, 2.05) is 0 Å². The molecule has 0 atom stereocenters. The van der Waals surface area contributed by atoms with E-state index >= 15 is 0 Å². The van der Waals surface area contributed by atoms with Crippen molar-refractivity contribution >= 4 is 68.4 Å². The summed E-state index contributed by atoms with van der Waals surface area (Å²) in [4.78, 5) is 5.37. The molecule has 0 spiro atoms. The summed E-state index contributed by atoms with van der Waals surface area (Å²) in [5, 5.41) is 1.20. The minimum Gasteiger partial charge on any atom is -0.468 e. The van der Waals surface area contributed by atoms with E-state index in [4.69, 9.17) is 4.42 Å². The second-order valence-corrected chi connectivity index (χ2v) is 26.2. The van der Waals surface area contributed by atoms with Crippen LogP contribution in [0.4, 0.5) is 34.1 Å². The number of hydrogen-bond acceptors (Lipinski definition) is 3. The van der Waals surface area contributed by atoms with Crippen LogP contribution in [0.25, 0.3) is 11.0 Å². The highest BCUT2D eigenvalue weighted by Gasteiger charge is 2.50. The Labute approximate surface area is 397 Å². The summed E-state index contributed by atoms with van der Waals surface area (Å²) in [5.41, 5.74) is 22.9. The molecule has 0 bridgehead atoms. The fourth-order valence-electron chi connectivity index (χ4n) is 13.1. The molecule has 1 aromatic heterocycles. The first-order valence-electron chi connectivity index (χ1n) is 25.7. The molecule has 0 amide bonds. The average molecular weight is 875 g/mol. The molecule has 0 unspecified atom stereocenters. The summed E-state index contributed by atoms with van der Waals surface area (Å²) in [7, 11) is 0. The van der Waals surface area contributed by atoms with Crippen molar-refractivity contribution in [3.63, 3.8) is 0 Å². The van der Waals surface area contributed by atoms with E-state index < -0.39 is 0 Å². The van der Waals surface area contributed by atoms with Crippen LogP contribution in [0.2, 0.25) is 0 Å². The molecule has 2 aliphatic heterocycles. The van der Waals surface area contributed by atoms with E-state index in [1.54, 1.807) is 0 Å². The molecular formula is C62H75BN2O. The third kappa shape index (κ3) is 6.71. The van der Waals surface area contributed by atoms with E-state index in [0.29, 0.717) is 5.92 Å². The predicted molar refractivity (Wildman–Crippen MR) is 284 cm³/mol. The van der Waals surface area contributed by atoms with Crippen LogP contribution in [0.3, 0.4) is 0 Å². The van der Waals surface area contributed by atoms with Gasteiger partial charge >= 0.3 is 0 Å². The monoisotopic (exact) mass is 875 g/mol. The highest BCUT2D eigenvalue weighted by atomic mass is 16.3. The minimum absolute atomic E-state index is 0.0144. The van der Waals surface area contributed by atoms with Crippen molar-refractivity contribution in [1.29, 1.82) is 0 Å². The molecule has 342 valence electrons. The topological polar surface area (TPSA) is 19.6 Å². The third-order valence-electron chi connectivity index (χ3n) is 17.7. The zero-order valence-electron chi connectivity index (χ0n) is 42.9. The molecule has 5 aromatic carbocycles. The lowest BCUT2D eigenvalue weighted by Gasteiger charge is -2.47. The number of benzene rings is 5. The molecule has 1 fully saturated rings. The van der Waals surface area contributed by atoms with Crippen LogP contribution in [-0.4, -0.2) is 6.71 Å². The van der Waals surface area contributed by atoms with E-state index in [9.17, 15) is 0 Å². The Morgan fingerprint density at radius 1 is 0.515 bits per heavy atom. The maximum Gasteiger partial charge on any atom is 0.297 e. The second-order valence-electron chi connectivity index (χ2n) is 26.2. The molecular weight excluding hydrogens is 800 g/mol. The van der Waals surface area contributed by atoms with Crippen molar-refractivity contribution in [2.24, 2.45) is 0 Å². The molecule has 4 heteroatoms. The predicted octanol–water partition coefficient (Wildman–Crippen LogP) is 15.9. The van der Waals surface area contributed by atoms with Gasteiger partial charge in [0.15, 0.2) is 0 Å². The van der Waals surface area contributed by atoms with Crippen LogP contribution in [0.1, 0.15) is 200 Å². The zero-order valence-corrected chi connectivity index (χ0v) is 42.9. The lowest BCUT2D eigenvalue weighted by atomic mass is 9.35. The zero-order chi connectivity index (χ0) is 46.7. The molecule has 66 heavy (non-hydrogen) atoms. The molecule has 0 N–H and O–H groups in total. The lowest BCUT2D eigenvalue weighted by molar-refractivity contribution is 0.332. The summed E-state index contributed by atoms with van der Waals surface area (Å²) in [6.45, 7) is 33.7. The normalized spacial score (nSPS) is 20.4. The van der Waals surface area contributed by atoms with Gasteiger partial charge < -0.3 is 14.2 Å². The molecule has 0 radical (unpaired) electrons. The Kier molecular flexibility index (Phi) is 9.58. The molecule has 3 aliphatic carbocycles. The number of rotatable bonds is 3. The fraction of sp³-hybridized carbons (Fsp3) is 0.484. The van der Waals surface area contributed by atoms with Gasteiger partial charge in [0.25, 0.3) is 6.71 Å². The Balaban J connectivity index is 1.28. The average Bonchev–Trinajstić information content (AvgIpc) is 3.64. The van der Waals surface area contributed by atoms with Gasteiger partial charge in [-0.3, -0.25) is 0 Å². The molecule has 5 aliphatic rings.